The van der Waals surface area contributed by atoms with Gasteiger partial charge in [0.05, 0.1) is 12.6 Å². The Hall–Kier alpha value is -0.770. The Labute approximate surface area is 85.6 Å². The quantitative estimate of drug-likeness (QED) is 0.725. The molecule has 14 heavy (non-hydrogen) atoms. The fourth-order valence-electron chi connectivity index (χ4n) is 1.85. The van der Waals surface area contributed by atoms with Gasteiger partial charge in [0.25, 0.3) is 0 Å². The topological polar surface area (TPSA) is 41.6 Å². The fourth-order valence-corrected chi connectivity index (χ4v) is 1.85. The van der Waals surface area contributed by atoms with Crippen LogP contribution in [0.1, 0.15) is 26.2 Å². The molecule has 1 atom stereocenters. The van der Waals surface area contributed by atoms with Crippen LogP contribution in [-0.2, 0) is 4.74 Å². The molecule has 0 radical (unpaired) electrons. The Kier molecular flexibility index (Phi) is 4.73. The van der Waals surface area contributed by atoms with E-state index in [1.807, 2.05) is 4.90 Å². The van der Waals surface area contributed by atoms with E-state index in [-0.39, 0.29) is 12.1 Å². The van der Waals surface area contributed by atoms with Crippen molar-refractivity contribution in [2.24, 2.45) is 0 Å². The Morgan fingerprint density at radius 3 is 3.00 bits per heavy atom. The maximum Gasteiger partial charge on any atom is 0.317 e. The smallest absolute Gasteiger partial charge is 0.317 e. The van der Waals surface area contributed by atoms with Crippen LogP contribution in [0.25, 0.3) is 0 Å². The highest BCUT2D eigenvalue weighted by Crippen LogP contribution is 2.11. The summed E-state index contributed by atoms with van der Waals surface area (Å²) in [4.78, 5) is 13.4. The molecule has 4 heteroatoms. The second-order valence-electron chi connectivity index (χ2n) is 3.68. The van der Waals surface area contributed by atoms with Crippen LogP contribution in [0.15, 0.2) is 0 Å². The summed E-state index contributed by atoms with van der Waals surface area (Å²) in [6.07, 6.45) is 3.13. The number of urea groups is 1. The van der Waals surface area contributed by atoms with Crippen molar-refractivity contribution in [1.29, 1.82) is 0 Å². The van der Waals surface area contributed by atoms with Gasteiger partial charge in [-0.05, 0) is 12.8 Å². The van der Waals surface area contributed by atoms with E-state index in [4.69, 9.17) is 4.74 Å². The molecule has 1 aliphatic rings. The van der Waals surface area contributed by atoms with Crippen LogP contribution < -0.4 is 5.32 Å². The molecule has 1 N–H and O–H groups in total. The second kappa shape index (κ2) is 5.86. The number of rotatable bonds is 5. The van der Waals surface area contributed by atoms with Crippen LogP contribution >= 0.6 is 0 Å². The third kappa shape index (κ3) is 2.87. The molecule has 0 aromatic rings. The maximum atomic E-state index is 11.5. The summed E-state index contributed by atoms with van der Waals surface area (Å²) in [5.74, 6) is 0. The number of carbonyl (C=O) groups excluding carboxylic acids is 1. The first-order valence-electron chi connectivity index (χ1n) is 5.33. The zero-order valence-corrected chi connectivity index (χ0v) is 9.08. The molecule has 1 rings (SSSR count). The summed E-state index contributed by atoms with van der Waals surface area (Å²) in [5.41, 5.74) is 0. The van der Waals surface area contributed by atoms with Crippen molar-refractivity contribution in [3.63, 3.8) is 0 Å². The molecular weight excluding hydrogens is 180 g/mol. The van der Waals surface area contributed by atoms with Gasteiger partial charge in [0.1, 0.15) is 0 Å². The molecule has 0 aliphatic carbocycles. The van der Waals surface area contributed by atoms with Crippen LogP contribution in [0.4, 0.5) is 4.79 Å². The van der Waals surface area contributed by atoms with Crippen LogP contribution in [0, 0.1) is 0 Å². The Morgan fingerprint density at radius 1 is 1.64 bits per heavy atom. The minimum atomic E-state index is 0.0618. The number of carbonyl (C=O) groups is 1. The molecule has 0 aromatic carbocycles. The highest BCUT2D eigenvalue weighted by Gasteiger charge is 2.24. The Balaban J connectivity index is 2.50. The van der Waals surface area contributed by atoms with E-state index in [0.29, 0.717) is 6.61 Å². The first-order valence-corrected chi connectivity index (χ1v) is 5.33. The molecule has 1 aliphatic heterocycles. The molecule has 1 heterocycles. The molecule has 1 saturated heterocycles. The summed E-state index contributed by atoms with van der Waals surface area (Å²) >= 11 is 0. The van der Waals surface area contributed by atoms with E-state index < -0.39 is 0 Å². The molecule has 0 aromatic heterocycles. The number of nitrogens with zero attached hydrogens (tertiary/aromatic N) is 1. The van der Waals surface area contributed by atoms with E-state index in [1.165, 1.54) is 0 Å². The fraction of sp³-hybridized carbons (Fsp3) is 0.900. The van der Waals surface area contributed by atoms with Gasteiger partial charge in [0.2, 0.25) is 0 Å². The van der Waals surface area contributed by atoms with E-state index in [2.05, 4.69) is 12.2 Å². The number of hydrogen-bond acceptors (Lipinski definition) is 2. The molecule has 0 saturated carbocycles. The average molecular weight is 200 g/mol. The summed E-state index contributed by atoms with van der Waals surface area (Å²) in [5, 5.41) is 2.86. The molecular formula is C10H20N2O2. The molecule has 4 nitrogen and oxygen atoms in total. The molecule has 2 amide bonds. The van der Waals surface area contributed by atoms with Gasteiger partial charge in [0.15, 0.2) is 0 Å². The molecule has 1 fully saturated rings. The van der Waals surface area contributed by atoms with Crippen molar-refractivity contribution in [1.82, 2.24) is 10.2 Å². The van der Waals surface area contributed by atoms with Crippen LogP contribution in [-0.4, -0.2) is 43.8 Å². The summed E-state index contributed by atoms with van der Waals surface area (Å²) in [7, 11) is 1.69. The molecule has 0 spiro atoms. The van der Waals surface area contributed by atoms with Crippen molar-refractivity contribution in [2.45, 2.75) is 32.2 Å². The lowest BCUT2D eigenvalue weighted by Gasteiger charge is -2.34. The average Bonchev–Trinajstić information content (AvgIpc) is 2.18. The zero-order valence-electron chi connectivity index (χ0n) is 9.08. The largest absolute Gasteiger partial charge is 0.383 e. The Morgan fingerprint density at radius 2 is 2.43 bits per heavy atom. The summed E-state index contributed by atoms with van der Waals surface area (Å²) in [6, 6.07) is 0.303. The SMILES string of the molecule is CCCC(COC)N1CCCNC1=O. The minimum absolute atomic E-state index is 0.0618. The van der Waals surface area contributed by atoms with E-state index in [9.17, 15) is 4.79 Å². The van der Waals surface area contributed by atoms with Gasteiger partial charge in [-0.3, -0.25) is 0 Å². The lowest BCUT2D eigenvalue weighted by atomic mass is 10.1. The van der Waals surface area contributed by atoms with Crippen molar-refractivity contribution in [3.05, 3.63) is 0 Å². The second-order valence-corrected chi connectivity index (χ2v) is 3.68. The van der Waals surface area contributed by atoms with Gasteiger partial charge in [-0.25, -0.2) is 4.79 Å². The minimum Gasteiger partial charge on any atom is -0.383 e. The first kappa shape index (κ1) is 11.3. The standard InChI is InChI=1S/C10H20N2O2/c1-3-5-9(8-14-2)12-7-4-6-11-10(12)13/h9H,3-8H2,1-2H3,(H,11,13). The van der Waals surface area contributed by atoms with Crippen LogP contribution in [0.3, 0.4) is 0 Å². The highest BCUT2D eigenvalue weighted by molar-refractivity contribution is 5.75. The van der Waals surface area contributed by atoms with Crippen LogP contribution in [0.2, 0.25) is 0 Å². The summed E-state index contributed by atoms with van der Waals surface area (Å²) < 4.78 is 5.14. The Bertz CT molecular complexity index is 179. The number of methoxy groups -OCH3 is 1. The molecule has 1 unspecified atom stereocenters. The number of amides is 2. The van der Waals surface area contributed by atoms with Crippen molar-refractivity contribution in [2.75, 3.05) is 26.8 Å². The van der Waals surface area contributed by atoms with Gasteiger partial charge in [-0.15, -0.1) is 0 Å². The number of ether oxygens (including phenoxy) is 1. The van der Waals surface area contributed by atoms with Gasteiger partial charge in [0, 0.05) is 20.2 Å². The first-order chi connectivity index (χ1) is 6.79. The van der Waals surface area contributed by atoms with Gasteiger partial charge in [-0.1, -0.05) is 13.3 Å². The highest BCUT2D eigenvalue weighted by atomic mass is 16.5. The van der Waals surface area contributed by atoms with E-state index in [1.54, 1.807) is 7.11 Å². The van der Waals surface area contributed by atoms with Gasteiger partial charge >= 0.3 is 6.03 Å². The third-order valence-electron chi connectivity index (χ3n) is 2.53. The van der Waals surface area contributed by atoms with Gasteiger partial charge in [-0.2, -0.15) is 0 Å². The normalized spacial score (nSPS) is 19.3. The molecule has 82 valence electrons. The van der Waals surface area contributed by atoms with E-state index in [0.717, 1.165) is 32.4 Å². The van der Waals surface area contributed by atoms with Crippen molar-refractivity contribution < 1.29 is 9.53 Å². The maximum absolute atomic E-state index is 11.5. The summed E-state index contributed by atoms with van der Waals surface area (Å²) in [6.45, 7) is 4.44. The monoisotopic (exact) mass is 200 g/mol. The number of hydrogen-bond donors (Lipinski definition) is 1. The lowest BCUT2D eigenvalue weighted by molar-refractivity contribution is 0.0916. The number of nitrogens with one attached hydrogen (secondary N) is 1. The predicted octanol–water partition coefficient (Wildman–Crippen LogP) is 1.22. The van der Waals surface area contributed by atoms with Crippen molar-refractivity contribution in [3.8, 4) is 0 Å². The van der Waals surface area contributed by atoms with Crippen LogP contribution in [0.5, 0.6) is 0 Å². The third-order valence-corrected chi connectivity index (χ3v) is 2.53. The molecule has 0 bridgehead atoms. The van der Waals surface area contributed by atoms with Gasteiger partial charge < -0.3 is 15.0 Å². The predicted molar refractivity (Wildman–Crippen MR) is 55.3 cm³/mol. The zero-order chi connectivity index (χ0) is 10.4. The van der Waals surface area contributed by atoms with E-state index >= 15 is 0 Å². The lowest BCUT2D eigenvalue weighted by Crippen LogP contribution is -2.52. The van der Waals surface area contributed by atoms with Crippen molar-refractivity contribution >= 4 is 6.03 Å².